The van der Waals surface area contributed by atoms with Crippen LogP contribution in [-0.2, 0) is 14.3 Å². The number of esters is 1. The number of carbonyl (C=O) groups excluding carboxylic acids is 2. The van der Waals surface area contributed by atoms with Crippen LogP contribution in [-0.4, -0.2) is 24.0 Å². The molecule has 0 radical (unpaired) electrons. The molecule has 5 nitrogen and oxygen atoms in total. The Morgan fingerprint density at radius 2 is 2.00 bits per heavy atom. The Morgan fingerprint density at radius 3 is 2.69 bits per heavy atom. The zero-order chi connectivity index (χ0) is 18.5. The van der Waals surface area contributed by atoms with Crippen molar-refractivity contribution in [3.8, 4) is 0 Å². The van der Waals surface area contributed by atoms with Crippen LogP contribution in [0, 0.1) is 0 Å². The Bertz CT molecular complexity index is 993. The summed E-state index contributed by atoms with van der Waals surface area (Å²) in [7, 11) is 1.32. The number of pyridine rings is 1. The normalized spacial score (nSPS) is 12.2. The van der Waals surface area contributed by atoms with Crippen molar-refractivity contribution in [1.82, 2.24) is 4.98 Å². The van der Waals surface area contributed by atoms with Crippen molar-refractivity contribution in [2.24, 2.45) is 0 Å². The Balaban J connectivity index is 2.05. The third kappa shape index (κ3) is 3.40. The van der Waals surface area contributed by atoms with Crippen molar-refractivity contribution in [2.75, 3.05) is 12.0 Å². The van der Waals surface area contributed by atoms with E-state index in [9.17, 15) is 9.59 Å². The predicted octanol–water partition coefficient (Wildman–Crippen LogP) is 3.57. The van der Waals surface area contributed by atoms with Crippen molar-refractivity contribution >= 4 is 29.0 Å². The topological polar surface area (TPSA) is 59.5 Å². The lowest BCUT2D eigenvalue weighted by molar-refractivity contribution is -0.135. The van der Waals surface area contributed by atoms with Gasteiger partial charge in [0, 0.05) is 18.7 Å². The molecule has 0 atom stereocenters. The van der Waals surface area contributed by atoms with E-state index in [0.29, 0.717) is 22.7 Å². The molecule has 0 fully saturated rings. The molecule has 1 aliphatic rings. The fraction of sp³-hybridized carbons (Fsp3) is 0.0952. The first-order valence-corrected chi connectivity index (χ1v) is 7.94. The average molecular weight is 344 g/mol. The van der Waals surface area contributed by atoms with Gasteiger partial charge >= 0.3 is 5.97 Å². The Kier molecular flexibility index (Phi) is 4.95. The fourth-order valence-corrected chi connectivity index (χ4v) is 2.67. The summed E-state index contributed by atoms with van der Waals surface area (Å²) in [5.74, 6) is -0.129. The number of aromatic nitrogens is 1. The number of carbonyl (C=O) groups is 2. The maximum atomic E-state index is 12.2. The molecule has 0 unspecified atom stereocenters. The van der Waals surface area contributed by atoms with Gasteiger partial charge in [-0.2, -0.15) is 0 Å². The van der Waals surface area contributed by atoms with E-state index in [1.807, 2.05) is 30.3 Å². The van der Waals surface area contributed by atoms with E-state index in [1.54, 1.807) is 30.5 Å². The Hall–Kier alpha value is -3.65. The maximum absolute atomic E-state index is 12.2. The second-order valence-electron chi connectivity index (χ2n) is 5.48. The lowest BCUT2D eigenvalue weighted by atomic mass is 9.96. The van der Waals surface area contributed by atoms with Crippen LogP contribution in [0.3, 0.4) is 0 Å². The predicted molar refractivity (Wildman–Crippen MR) is 98.6 cm³/mol. The summed E-state index contributed by atoms with van der Waals surface area (Å²) in [6.45, 7) is 1.48. The number of anilines is 2. The highest BCUT2D eigenvalue weighted by Crippen LogP contribution is 2.30. The first-order chi connectivity index (χ1) is 12.6. The standard InChI is InChI=1S/C21H16N2O3/c1-15(24)23(20-12-5-6-13-22-20)17-9-7-8-16(14-17)18-10-3-4-11-19(18)21(25)26-2/h3,5-10,12-14H,1-2H3. The smallest absolute Gasteiger partial charge is 0.347 e. The molecule has 1 heterocycles. The summed E-state index contributed by atoms with van der Waals surface area (Å²) in [6.07, 6.45) is 5.07. The minimum Gasteiger partial charge on any atom is -0.465 e. The average Bonchev–Trinajstić information content (AvgIpc) is 2.68. The Morgan fingerprint density at radius 1 is 1.15 bits per heavy atom. The molecule has 1 aromatic carbocycles. The van der Waals surface area contributed by atoms with Gasteiger partial charge in [0.1, 0.15) is 11.4 Å². The molecular formula is C21H16N2O3. The molecule has 128 valence electrons. The number of methoxy groups -OCH3 is 1. The van der Waals surface area contributed by atoms with E-state index in [1.165, 1.54) is 18.9 Å². The van der Waals surface area contributed by atoms with E-state index in [4.69, 9.17) is 4.74 Å². The minimum absolute atomic E-state index is 0.165. The highest BCUT2D eigenvalue weighted by Gasteiger charge is 2.20. The SMILES string of the molecule is COC(=O)C1=C=C=CC=C1c1cccc(N(C(C)=O)c2ccccn2)c1. The van der Waals surface area contributed by atoms with Crippen LogP contribution in [0.2, 0.25) is 0 Å². The highest BCUT2D eigenvalue weighted by atomic mass is 16.5. The second-order valence-corrected chi connectivity index (χ2v) is 5.48. The van der Waals surface area contributed by atoms with Gasteiger partial charge in [-0.15, -0.1) is 0 Å². The van der Waals surface area contributed by atoms with Crippen molar-refractivity contribution in [2.45, 2.75) is 6.92 Å². The van der Waals surface area contributed by atoms with Crippen molar-refractivity contribution in [3.63, 3.8) is 0 Å². The lowest BCUT2D eigenvalue weighted by Crippen LogP contribution is -2.23. The minimum atomic E-state index is -0.490. The molecule has 3 rings (SSSR count). The van der Waals surface area contributed by atoms with Gasteiger partial charge in [-0.05, 0) is 42.0 Å². The molecule has 0 saturated carbocycles. The van der Waals surface area contributed by atoms with Crippen molar-refractivity contribution < 1.29 is 14.3 Å². The van der Waals surface area contributed by atoms with Gasteiger partial charge in [0.25, 0.3) is 0 Å². The zero-order valence-corrected chi connectivity index (χ0v) is 14.4. The third-order valence-corrected chi connectivity index (χ3v) is 3.80. The van der Waals surface area contributed by atoms with Gasteiger partial charge in [0.15, 0.2) is 0 Å². The molecule has 2 aromatic rings. The van der Waals surface area contributed by atoms with Crippen molar-refractivity contribution in [1.29, 1.82) is 0 Å². The van der Waals surface area contributed by atoms with Crippen LogP contribution in [0.4, 0.5) is 11.5 Å². The van der Waals surface area contributed by atoms with Crippen LogP contribution in [0.1, 0.15) is 12.5 Å². The number of hydrogen-bond acceptors (Lipinski definition) is 4. The van der Waals surface area contributed by atoms with E-state index >= 15 is 0 Å². The summed E-state index contributed by atoms with van der Waals surface area (Å²) in [5, 5.41) is 0. The number of allylic oxidation sites excluding steroid dienone is 2. The molecule has 0 saturated heterocycles. The molecule has 1 amide bonds. The summed E-state index contributed by atoms with van der Waals surface area (Å²) < 4.78 is 4.82. The molecule has 0 spiro atoms. The fourth-order valence-electron chi connectivity index (χ4n) is 2.67. The molecular weight excluding hydrogens is 328 g/mol. The van der Waals surface area contributed by atoms with E-state index < -0.39 is 5.97 Å². The van der Waals surface area contributed by atoms with Crippen LogP contribution in [0.25, 0.3) is 5.57 Å². The van der Waals surface area contributed by atoms with Crippen LogP contribution < -0.4 is 4.90 Å². The summed E-state index contributed by atoms with van der Waals surface area (Å²) in [6, 6.07) is 12.7. The summed E-state index contributed by atoms with van der Waals surface area (Å²) in [4.78, 5) is 30.0. The number of benzene rings is 1. The first-order valence-electron chi connectivity index (χ1n) is 7.94. The van der Waals surface area contributed by atoms with Gasteiger partial charge in [0.2, 0.25) is 5.91 Å². The third-order valence-electron chi connectivity index (χ3n) is 3.80. The largest absolute Gasteiger partial charge is 0.465 e. The van der Waals surface area contributed by atoms with Gasteiger partial charge in [0.05, 0.1) is 12.8 Å². The Labute approximate surface area is 151 Å². The number of ether oxygens (including phenoxy) is 1. The monoisotopic (exact) mass is 344 g/mol. The molecule has 26 heavy (non-hydrogen) atoms. The van der Waals surface area contributed by atoms with Crippen LogP contribution in [0.5, 0.6) is 0 Å². The van der Waals surface area contributed by atoms with E-state index in [2.05, 4.69) is 16.4 Å². The quantitative estimate of drug-likeness (QED) is 0.628. The highest BCUT2D eigenvalue weighted by molar-refractivity contribution is 6.07. The van der Waals surface area contributed by atoms with Crippen molar-refractivity contribution in [3.05, 3.63) is 83.4 Å². The molecule has 1 aliphatic carbocycles. The van der Waals surface area contributed by atoms with E-state index in [0.717, 1.165) is 5.56 Å². The van der Waals surface area contributed by atoms with Crippen LogP contribution in [0.15, 0.2) is 77.8 Å². The van der Waals surface area contributed by atoms with Gasteiger partial charge in [-0.25, -0.2) is 9.78 Å². The zero-order valence-electron chi connectivity index (χ0n) is 14.4. The van der Waals surface area contributed by atoms with Gasteiger partial charge in [-0.1, -0.05) is 29.7 Å². The summed E-state index contributed by atoms with van der Waals surface area (Å²) in [5.41, 5.74) is 7.92. The van der Waals surface area contributed by atoms with Gasteiger partial charge in [-0.3, -0.25) is 9.69 Å². The number of amides is 1. The maximum Gasteiger partial charge on any atom is 0.347 e. The number of hydrogen-bond donors (Lipinski definition) is 0. The molecule has 5 heteroatoms. The second kappa shape index (κ2) is 7.49. The van der Waals surface area contributed by atoms with Gasteiger partial charge < -0.3 is 4.74 Å². The number of rotatable bonds is 4. The summed E-state index contributed by atoms with van der Waals surface area (Å²) >= 11 is 0. The molecule has 0 aliphatic heterocycles. The molecule has 0 bridgehead atoms. The lowest BCUT2D eigenvalue weighted by Gasteiger charge is -2.21. The number of nitrogens with zero attached hydrogens (tertiary/aromatic N) is 2. The van der Waals surface area contributed by atoms with Crippen LogP contribution >= 0.6 is 0 Å². The van der Waals surface area contributed by atoms with E-state index in [-0.39, 0.29) is 5.91 Å². The molecule has 1 aromatic heterocycles. The molecule has 0 N–H and O–H groups in total. The first kappa shape index (κ1) is 17.2.